The van der Waals surface area contributed by atoms with E-state index in [1.54, 1.807) is 29.8 Å². The predicted octanol–water partition coefficient (Wildman–Crippen LogP) is 2.15. The number of aromatic nitrogens is 3. The van der Waals surface area contributed by atoms with Crippen LogP contribution in [0.25, 0.3) is 22.5 Å². The third-order valence-corrected chi connectivity index (χ3v) is 6.32. The van der Waals surface area contributed by atoms with Gasteiger partial charge in [0.25, 0.3) is 0 Å². The third kappa shape index (κ3) is 2.68. The summed E-state index contributed by atoms with van der Waals surface area (Å²) in [7, 11) is -1.78. The van der Waals surface area contributed by atoms with Crippen LogP contribution in [0.3, 0.4) is 0 Å². The smallest absolute Gasteiger partial charge is 0.338 e. The highest BCUT2D eigenvalue weighted by atomic mass is 32.2. The van der Waals surface area contributed by atoms with Gasteiger partial charge in [0.2, 0.25) is 0 Å². The van der Waals surface area contributed by atoms with E-state index in [4.69, 9.17) is 9.15 Å². The highest BCUT2D eigenvalue weighted by Crippen LogP contribution is 2.32. The molecule has 0 bridgehead atoms. The largest absolute Gasteiger partial charge is 0.465 e. The van der Waals surface area contributed by atoms with Crippen molar-refractivity contribution in [2.75, 3.05) is 18.6 Å². The summed E-state index contributed by atoms with van der Waals surface area (Å²) in [5, 5.41) is 5.05. The number of carbonyl (C=O) groups excluding carboxylic acids is 1. The van der Waals surface area contributed by atoms with E-state index in [2.05, 4.69) is 10.1 Å². The fourth-order valence-corrected chi connectivity index (χ4v) is 5.05. The second-order valence-electron chi connectivity index (χ2n) is 6.31. The highest BCUT2D eigenvalue weighted by molar-refractivity contribution is 7.91. The molecule has 3 aromatic heterocycles. The Morgan fingerprint density at radius 3 is 2.85 bits per heavy atom. The minimum atomic E-state index is -3.09. The number of aryl methyl sites for hydroxylation is 1. The fourth-order valence-electron chi connectivity index (χ4n) is 3.36. The van der Waals surface area contributed by atoms with Crippen molar-refractivity contribution in [1.29, 1.82) is 0 Å². The van der Waals surface area contributed by atoms with Gasteiger partial charge in [0.1, 0.15) is 5.69 Å². The average Bonchev–Trinajstić information content (AvgIpc) is 3.33. The van der Waals surface area contributed by atoms with Crippen LogP contribution in [0.4, 0.5) is 0 Å². The Morgan fingerprint density at radius 1 is 1.42 bits per heavy atom. The van der Waals surface area contributed by atoms with Crippen molar-refractivity contribution in [3.8, 4) is 11.5 Å². The van der Waals surface area contributed by atoms with Crippen LogP contribution in [0.5, 0.6) is 0 Å². The minimum Gasteiger partial charge on any atom is -0.465 e. The van der Waals surface area contributed by atoms with Crippen LogP contribution >= 0.6 is 0 Å². The first kappa shape index (κ1) is 16.8. The summed E-state index contributed by atoms with van der Waals surface area (Å²) in [5.74, 6) is 0.136. The normalized spacial score (nSPS) is 19.1. The van der Waals surface area contributed by atoms with Gasteiger partial charge in [-0.15, -0.1) is 0 Å². The number of hydrogen-bond acceptors (Lipinski definition) is 7. The maximum atomic E-state index is 12.3. The number of esters is 1. The lowest BCUT2D eigenvalue weighted by molar-refractivity contribution is 0.0603. The Hall–Kier alpha value is -2.68. The summed E-state index contributed by atoms with van der Waals surface area (Å²) in [6.07, 6.45) is 1.99. The number of pyridine rings is 1. The van der Waals surface area contributed by atoms with Gasteiger partial charge in [0.15, 0.2) is 21.2 Å². The van der Waals surface area contributed by atoms with Gasteiger partial charge in [-0.2, -0.15) is 5.10 Å². The molecule has 8 nitrogen and oxygen atoms in total. The molecule has 0 saturated carbocycles. The highest BCUT2D eigenvalue weighted by Gasteiger charge is 2.32. The number of sulfone groups is 1. The predicted molar refractivity (Wildman–Crippen MR) is 93.6 cm³/mol. The van der Waals surface area contributed by atoms with Crippen molar-refractivity contribution in [3.63, 3.8) is 0 Å². The van der Waals surface area contributed by atoms with E-state index in [1.807, 2.05) is 0 Å². The van der Waals surface area contributed by atoms with Gasteiger partial charge in [-0.1, -0.05) is 0 Å². The number of methoxy groups -OCH3 is 1. The molecule has 3 aromatic rings. The van der Waals surface area contributed by atoms with Gasteiger partial charge in [0.05, 0.1) is 47.6 Å². The molecule has 0 radical (unpaired) electrons. The molecular formula is C17H17N3O5S. The monoisotopic (exact) mass is 375 g/mol. The molecule has 1 aliphatic rings. The summed E-state index contributed by atoms with van der Waals surface area (Å²) >= 11 is 0. The first-order valence-electron chi connectivity index (χ1n) is 8.12. The molecular weight excluding hydrogens is 358 g/mol. The number of carbonyl (C=O) groups is 1. The Morgan fingerprint density at radius 2 is 2.23 bits per heavy atom. The summed E-state index contributed by atoms with van der Waals surface area (Å²) in [6, 6.07) is 4.77. The zero-order valence-electron chi connectivity index (χ0n) is 14.3. The Bertz CT molecular complexity index is 1100. The van der Waals surface area contributed by atoms with E-state index in [9.17, 15) is 13.2 Å². The van der Waals surface area contributed by atoms with Crippen LogP contribution in [0.2, 0.25) is 0 Å². The quantitative estimate of drug-likeness (QED) is 0.646. The lowest BCUT2D eigenvalue weighted by Crippen LogP contribution is -2.13. The van der Waals surface area contributed by atoms with Gasteiger partial charge in [0, 0.05) is 0 Å². The Kier molecular flexibility index (Phi) is 3.83. The minimum absolute atomic E-state index is 0.0173. The molecule has 0 N–H and O–H groups in total. The van der Waals surface area contributed by atoms with Crippen molar-refractivity contribution < 1.29 is 22.4 Å². The van der Waals surface area contributed by atoms with Crippen LogP contribution in [0, 0.1) is 6.92 Å². The van der Waals surface area contributed by atoms with Crippen molar-refractivity contribution >= 4 is 26.8 Å². The van der Waals surface area contributed by atoms with Gasteiger partial charge in [-0.25, -0.2) is 22.9 Å². The van der Waals surface area contributed by atoms with Gasteiger partial charge < -0.3 is 9.15 Å². The van der Waals surface area contributed by atoms with E-state index in [0.717, 1.165) is 0 Å². The third-order valence-electron chi connectivity index (χ3n) is 4.57. The van der Waals surface area contributed by atoms with Gasteiger partial charge >= 0.3 is 5.97 Å². The van der Waals surface area contributed by atoms with Gasteiger partial charge in [-0.05, 0) is 31.5 Å². The molecule has 0 aliphatic carbocycles. The molecule has 26 heavy (non-hydrogen) atoms. The van der Waals surface area contributed by atoms with Crippen LogP contribution in [0.1, 0.15) is 28.5 Å². The average molecular weight is 375 g/mol. The first-order valence-corrected chi connectivity index (χ1v) is 9.94. The number of fused-ring (bicyclic) bond motifs is 1. The molecule has 4 heterocycles. The number of ether oxygens (including phenoxy) is 1. The molecule has 1 aliphatic heterocycles. The van der Waals surface area contributed by atoms with Crippen LogP contribution < -0.4 is 0 Å². The van der Waals surface area contributed by atoms with Crippen LogP contribution in [-0.2, 0) is 14.6 Å². The molecule has 0 aromatic carbocycles. The van der Waals surface area contributed by atoms with E-state index < -0.39 is 15.8 Å². The molecule has 0 unspecified atom stereocenters. The van der Waals surface area contributed by atoms with E-state index >= 15 is 0 Å². The molecule has 4 rings (SSSR count). The summed E-state index contributed by atoms with van der Waals surface area (Å²) in [4.78, 5) is 16.9. The zero-order valence-corrected chi connectivity index (χ0v) is 15.1. The second-order valence-corrected chi connectivity index (χ2v) is 8.54. The molecule has 1 fully saturated rings. The Labute approximate surface area is 149 Å². The summed E-state index contributed by atoms with van der Waals surface area (Å²) in [6.45, 7) is 1.77. The number of furan rings is 1. The standard InChI is InChI=1S/C17H17N3O5S/c1-10-15-12(17(21)24-2)8-13(14-4-3-6-25-14)18-16(15)20(19-10)11-5-7-26(22,23)9-11/h3-4,6,8,11H,5,7,9H2,1-2H3/t11-/m1/s1. The van der Waals surface area contributed by atoms with E-state index in [1.165, 1.54) is 13.4 Å². The van der Waals surface area contributed by atoms with Crippen molar-refractivity contribution in [1.82, 2.24) is 14.8 Å². The molecule has 1 saturated heterocycles. The fraction of sp³-hybridized carbons (Fsp3) is 0.353. The van der Waals surface area contributed by atoms with E-state index in [0.29, 0.717) is 40.2 Å². The van der Waals surface area contributed by atoms with Gasteiger partial charge in [-0.3, -0.25) is 0 Å². The number of hydrogen-bond donors (Lipinski definition) is 0. The topological polar surface area (TPSA) is 104 Å². The summed E-state index contributed by atoms with van der Waals surface area (Å²) in [5.41, 5.74) is 1.85. The molecule has 136 valence electrons. The van der Waals surface area contributed by atoms with Crippen molar-refractivity contribution in [3.05, 3.63) is 35.7 Å². The zero-order chi connectivity index (χ0) is 18.5. The molecule has 9 heteroatoms. The lowest BCUT2D eigenvalue weighted by Gasteiger charge is -2.10. The van der Waals surface area contributed by atoms with Crippen molar-refractivity contribution in [2.24, 2.45) is 0 Å². The van der Waals surface area contributed by atoms with Crippen LogP contribution in [-0.4, -0.2) is 47.8 Å². The first-order chi connectivity index (χ1) is 12.4. The maximum absolute atomic E-state index is 12.3. The second kappa shape index (κ2) is 5.94. The molecule has 0 amide bonds. The Balaban J connectivity index is 1.97. The number of nitrogens with zero attached hydrogens (tertiary/aromatic N) is 3. The summed E-state index contributed by atoms with van der Waals surface area (Å²) < 4.78 is 35.7. The van der Waals surface area contributed by atoms with Crippen LogP contribution in [0.15, 0.2) is 28.9 Å². The van der Waals surface area contributed by atoms with E-state index in [-0.39, 0.29) is 17.5 Å². The number of rotatable bonds is 3. The molecule has 1 atom stereocenters. The molecule has 0 spiro atoms. The SMILES string of the molecule is COC(=O)c1cc(-c2ccco2)nc2c1c(C)nn2[C@@H]1CCS(=O)(=O)C1. The lowest BCUT2D eigenvalue weighted by atomic mass is 10.1. The maximum Gasteiger partial charge on any atom is 0.338 e. The van der Waals surface area contributed by atoms with Crippen molar-refractivity contribution in [2.45, 2.75) is 19.4 Å².